The molecule has 18 heavy (non-hydrogen) atoms. The lowest BCUT2D eigenvalue weighted by Gasteiger charge is -2.08. The maximum atomic E-state index is 11.4. The van der Waals surface area contributed by atoms with Gasteiger partial charge in [0, 0.05) is 11.2 Å². The highest BCUT2D eigenvalue weighted by atomic mass is 35.5. The number of hydrogen-bond acceptors (Lipinski definition) is 3. The van der Waals surface area contributed by atoms with Crippen LogP contribution < -0.4 is 4.74 Å². The van der Waals surface area contributed by atoms with Gasteiger partial charge in [-0.1, -0.05) is 23.7 Å². The van der Waals surface area contributed by atoms with Gasteiger partial charge >= 0.3 is 0 Å². The molecule has 4 heteroatoms. The summed E-state index contributed by atoms with van der Waals surface area (Å²) in [5.74, 6) is 0.286. The van der Waals surface area contributed by atoms with Crippen LogP contribution in [0.15, 0.2) is 42.6 Å². The topological polar surface area (TPSA) is 39.2 Å². The number of ketones is 1. The summed E-state index contributed by atoms with van der Waals surface area (Å²) in [7, 11) is 0. The van der Waals surface area contributed by atoms with Crippen molar-refractivity contribution in [2.24, 2.45) is 0 Å². The van der Waals surface area contributed by atoms with Crippen LogP contribution in [0.1, 0.15) is 22.8 Å². The molecule has 0 spiro atoms. The zero-order chi connectivity index (χ0) is 13.0. The second kappa shape index (κ2) is 5.65. The molecule has 1 heterocycles. The van der Waals surface area contributed by atoms with E-state index in [1.807, 2.05) is 18.2 Å². The second-order valence-electron chi connectivity index (χ2n) is 3.83. The van der Waals surface area contributed by atoms with Crippen LogP contribution in [0, 0.1) is 0 Å². The molecule has 0 amide bonds. The van der Waals surface area contributed by atoms with Crippen molar-refractivity contribution in [3.63, 3.8) is 0 Å². The van der Waals surface area contributed by atoms with Crippen molar-refractivity contribution in [3.8, 4) is 5.88 Å². The third-order valence-electron chi connectivity index (χ3n) is 2.42. The minimum atomic E-state index is -0.0656. The first-order valence-corrected chi connectivity index (χ1v) is 5.88. The van der Waals surface area contributed by atoms with E-state index in [2.05, 4.69) is 4.98 Å². The van der Waals surface area contributed by atoms with E-state index in [1.54, 1.807) is 24.4 Å². The predicted octanol–water partition coefficient (Wildman–Crippen LogP) is 3.52. The van der Waals surface area contributed by atoms with Crippen molar-refractivity contribution in [1.29, 1.82) is 0 Å². The van der Waals surface area contributed by atoms with Gasteiger partial charge in [0.1, 0.15) is 6.61 Å². The van der Waals surface area contributed by atoms with E-state index >= 15 is 0 Å². The van der Waals surface area contributed by atoms with Crippen LogP contribution in [-0.4, -0.2) is 10.8 Å². The monoisotopic (exact) mass is 261 g/mol. The number of hydrogen-bond donors (Lipinski definition) is 0. The van der Waals surface area contributed by atoms with E-state index in [0.29, 0.717) is 23.1 Å². The Labute approximate surface area is 110 Å². The molecule has 0 N–H and O–H groups in total. The number of ether oxygens (including phenoxy) is 1. The quantitative estimate of drug-likeness (QED) is 0.791. The van der Waals surface area contributed by atoms with Gasteiger partial charge in [-0.15, -0.1) is 0 Å². The molecule has 0 aliphatic carbocycles. The maximum absolute atomic E-state index is 11.4. The molecule has 0 unspecified atom stereocenters. The van der Waals surface area contributed by atoms with Crippen LogP contribution in [0.5, 0.6) is 5.88 Å². The van der Waals surface area contributed by atoms with Gasteiger partial charge in [0.15, 0.2) is 5.78 Å². The predicted molar refractivity (Wildman–Crippen MR) is 70.0 cm³/mol. The zero-order valence-corrected chi connectivity index (χ0v) is 10.6. The van der Waals surface area contributed by atoms with Crippen LogP contribution >= 0.6 is 11.6 Å². The van der Waals surface area contributed by atoms with Crippen LogP contribution in [0.4, 0.5) is 0 Å². The molecule has 0 saturated heterocycles. The Hall–Kier alpha value is -1.87. The summed E-state index contributed by atoms with van der Waals surface area (Å²) >= 11 is 5.88. The average Bonchev–Trinajstić information content (AvgIpc) is 2.37. The number of rotatable bonds is 4. The van der Waals surface area contributed by atoms with E-state index in [-0.39, 0.29) is 5.78 Å². The van der Waals surface area contributed by atoms with E-state index in [0.717, 1.165) is 5.56 Å². The molecular weight excluding hydrogens is 250 g/mol. The summed E-state index contributed by atoms with van der Waals surface area (Å²) in [5, 5.41) is 0.656. The smallest absolute Gasteiger partial charge is 0.224 e. The molecule has 3 nitrogen and oxygen atoms in total. The van der Waals surface area contributed by atoms with Gasteiger partial charge in [0.05, 0.1) is 5.56 Å². The Morgan fingerprint density at radius 3 is 2.89 bits per heavy atom. The van der Waals surface area contributed by atoms with Gasteiger partial charge < -0.3 is 4.74 Å². The minimum absolute atomic E-state index is 0.0656. The SMILES string of the molecule is CC(=O)c1cccnc1OCc1cccc(Cl)c1. The molecule has 0 atom stereocenters. The van der Waals surface area contributed by atoms with Gasteiger partial charge in [-0.3, -0.25) is 4.79 Å². The Morgan fingerprint density at radius 1 is 1.33 bits per heavy atom. The highest BCUT2D eigenvalue weighted by Crippen LogP contribution is 2.17. The minimum Gasteiger partial charge on any atom is -0.472 e. The number of Topliss-reactive ketones (excluding diaryl/α,β-unsaturated/α-hetero) is 1. The van der Waals surface area contributed by atoms with E-state index in [4.69, 9.17) is 16.3 Å². The van der Waals surface area contributed by atoms with Crippen molar-refractivity contribution in [2.45, 2.75) is 13.5 Å². The number of pyridine rings is 1. The normalized spacial score (nSPS) is 10.1. The Balaban J connectivity index is 2.13. The fraction of sp³-hybridized carbons (Fsp3) is 0.143. The number of carbonyl (C=O) groups is 1. The Morgan fingerprint density at radius 2 is 2.17 bits per heavy atom. The molecule has 0 aliphatic rings. The first-order chi connectivity index (χ1) is 8.66. The summed E-state index contributed by atoms with van der Waals surface area (Å²) in [6.45, 7) is 1.82. The molecular formula is C14H12ClNO2. The van der Waals surface area contributed by atoms with Crippen LogP contribution in [-0.2, 0) is 6.61 Å². The molecule has 0 fully saturated rings. The third-order valence-corrected chi connectivity index (χ3v) is 2.65. The average molecular weight is 262 g/mol. The highest BCUT2D eigenvalue weighted by molar-refractivity contribution is 6.30. The number of nitrogens with zero attached hydrogens (tertiary/aromatic N) is 1. The number of benzene rings is 1. The lowest BCUT2D eigenvalue weighted by atomic mass is 10.2. The van der Waals surface area contributed by atoms with Crippen molar-refractivity contribution < 1.29 is 9.53 Å². The van der Waals surface area contributed by atoms with Crippen molar-refractivity contribution >= 4 is 17.4 Å². The van der Waals surface area contributed by atoms with Crippen molar-refractivity contribution in [2.75, 3.05) is 0 Å². The maximum Gasteiger partial charge on any atom is 0.224 e. The first kappa shape index (κ1) is 12.6. The standard InChI is InChI=1S/C14H12ClNO2/c1-10(17)13-6-3-7-16-14(13)18-9-11-4-2-5-12(15)8-11/h2-8H,9H2,1H3. The summed E-state index contributed by atoms with van der Waals surface area (Å²) in [5.41, 5.74) is 1.42. The molecule has 0 radical (unpaired) electrons. The van der Waals surface area contributed by atoms with Gasteiger partial charge in [0.2, 0.25) is 5.88 Å². The van der Waals surface area contributed by atoms with Gasteiger partial charge in [-0.25, -0.2) is 4.98 Å². The number of aromatic nitrogens is 1. The summed E-state index contributed by atoms with van der Waals surface area (Å²) in [6, 6.07) is 10.8. The molecule has 92 valence electrons. The summed E-state index contributed by atoms with van der Waals surface area (Å²) in [6.07, 6.45) is 1.60. The Bertz CT molecular complexity index is 569. The molecule has 0 aliphatic heterocycles. The molecule has 1 aromatic heterocycles. The van der Waals surface area contributed by atoms with Crippen molar-refractivity contribution in [1.82, 2.24) is 4.98 Å². The summed E-state index contributed by atoms with van der Waals surface area (Å²) in [4.78, 5) is 15.5. The van der Waals surface area contributed by atoms with Crippen LogP contribution in [0.2, 0.25) is 5.02 Å². The first-order valence-electron chi connectivity index (χ1n) is 5.50. The lowest BCUT2D eigenvalue weighted by Crippen LogP contribution is -2.03. The van der Waals surface area contributed by atoms with Crippen molar-refractivity contribution in [3.05, 3.63) is 58.7 Å². The zero-order valence-electron chi connectivity index (χ0n) is 9.89. The fourth-order valence-electron chi connectivity index (χ4n) is 1.55. The molecule has 2 rings (SSSR count). The highest BCUT2D eigenvalue weighted by Gasteiger charge is 2.09. The van der Waals surface area contributed by atoms with E-state index in [9.17, 15) is 4.79 Å². The molecule has 2 aromatic rings. The number of carbonyl (C=O) groups excluding carboxylic acids is 1. The van der Waals surface area contributed by atoms with Gasteiger partial charge in [-0.2, -0.15) is 0 Å². The third kappa shape index (κ3) is 3.08. The molecule has 1 aromatic carbocycles. The molecule has 0 bridgehead atoms. The van der Waals surface area contributed by atoms with Crippen LogP contribution in [0.3, 0.4) is 0 Å². The van der Waals surface area contributed by atoms with E-state index < -0.39 is 0 Å². The Kier molecular flexibility index (Phi) is 3.95. The van der Waals surface area contributed by atoms with Gasteiger partial charge in [-0.05, 0) is 36.8 Å². The summed E-state index contributed by atoms with van der Waals surface area (Å²) < 4.78 is 5.55. The fourth-order valence-corrected chi connectivity index (χ4v) is 1.77. The molecule has 0 saturated carbocycles. The van der Waals surface area contributed by atoms with E-state index in [1.165, 1.54) is 6.92 Å². The second-order valence-corrected chi connectivity index (χ2v) is 4.27. The number of halogens is 1. The van der Waals surface area contributed by atoms with Gasteiger partial charge in [0.25, 0.3) is 0 Å². The lowest BCUT2D eigenvalue weighted by molar-refractivity contribution is 0.101. The van der Waals surface area contributed by atoms with Crippen LogP contribution in [0.25, 0.3) is 0 Å². The largest absolute Gasteiger partial charge is 0.472 e.